The Hall–Kier alpha value is -2.51. The van der Waals surface area contributed by atoms with Crippen molar-refractivity contribution in [1.29, 1.82) is 0 Å². The number of nitrogens with one attached hydrogen (secondary N) is 2. The maximum Gasteiger partial charge on any atom is 0.265 e. The van der Waals surface area contributed by atoms with E-state index in [-0.39, 0.29) is 4.90 Å². The van der Waals surface area contributed by atoms with Gasteiger partial charge in [0, 0.05) is 34.6 Å². The molecule has 2 aromatic heterocycles. The van der Waals surface area contributed by atoms with Gasteiger partial charge in [0.1, 0.15) is 4.90 Å². The van der Waals surface area contributed by atoms with Crippen LogP contribution < -0.4 is 4.72 Å². The first kappa shape index (κ1) is 15.0. The molecule has 0 radical (unpaired) electrons. The first-order valence-corrected chi connectivity index (χ1v) is 9.03. The standard InChI is InChI=1S/C16H13ClN4O2S/c1-21-14-5-3-2-4-12(14)16(19-21)20-24(22,23)15-9-18-13-8-10(17)6-7-11(13)15/h2-9,18H,1H3,(H,19,20). The summed E-state index contributed by atoms with van der Waals surface area (Å²) in [4.78, 5) is 3.09. The van der Waals surface area contributed by atoms with Crippen molar-refractivity contribution in [3.8, 4) is 0 Å². The summed E-state index contributed by atoms with van der Waals surface area (Å²) in [6.07, 6.45) is 1.45. The SMILES string of the molecule is Cn1nc(NS(=O)(=O)c2c[nH]c3cc(Cl)ccc23)c2ccccc21. The zero-order chi connectivity index (χ0) is 16.9. The molecule has 6 nitrogen and oxygen atoms in total. The molecule has 0 saturated heterocycles. The number of hydrogen-bond donors (Lipinski definition) is 2. The second-order valence-electron chi connectivity index (χ2n) is 5.44. The van der Waals surface area contributed by atoms with E-state index in [0.29, 0.717) is 21.7 Å². The van der Waals surface area contributed by atoms with Crippen LogP contribution in [0.4, 0.5) is 5.82 Å². The van der Waals surface area contributed by atoms with E-state index in [1.165, 1.54) is 6.20 Å². The Kier molecular flexibility index (Phi) is 3.29. The van der Waals surface area contributed by atoms with E-state index in [2.05, 4.69) is 14.8 Å². The molecular weight excluding hydrogens is 348 g/mol. The third-order valence-corrected chi connectivity index (χ3v) is 5.50. The number of anilines is 1. The fourth-order valence-electron chi connectivity index (χ4n) is 2.77. The molecule has 0 spiro atoms. The largest absolute Gasteiger partial charge is 0.360 e. The number of benzene rings is 2. The van der Waals surface area contributed by atoms with Crippen molar-refractivity contribution in [2.24, 2.45) is 7.05 Å². The summed E-state index contributed by atoms with van der Waals surface area (Å²) in [5.74, 6) is 0.302. The van der Waals surface area contributed by atoms with Crippen molar-refractivity contribution in [3.05, 3.63) is 53.7 Å². The Labute approximate surface area is 143 Å². The number of hydrogen-bond acceptors (Lipinski definition) is 3. The van der Waals surface area contributed by atoms with Crippen molar-refractivity contribution in [2.45, 2.75) is 4.90 Å². The molecule has 0 atom stereocenters. The molecule has 122 valence electrons. The van der Waals surface area contributed by atoms with Crippen molar-refractivity contribution in [1.82, 2.24) is 14.8 Å². The Morgan fingerprint density at radius 2 is 1.96 bits per heavy atom. The van der Waals surface area contributed by atoms with Crippen LogP contribution in [0.1, 0.15) is 0 Å². The van der Waals surface area contributed by atoms with Crippen molar-refractivity contribution < 1.29 is 8.42 Å². The minimum absolute atomic E-state index is 0.156. The van der Waals surface area contributed by atoms with Crippen LogP contribution >= 0.6 is 11.6 Å². The molecule has 0 saturated carbocycles. The lowest BCUT2D eigenvalue weighted by atomic mass is 10.2. The van der Waals surface area contributed by atoms with Crippen LogP contribution in [-0.4, -0.2) is 23.2 Å². The molecule has 0 aliphatic carbocycles. The normalized spacial score (nSPS) is 12.1. The number of fused-ring (bicyclic) bond motifs is 2. The number of sulfonamides is 1. The number of aromatic amines is 1. The summed E-state index contributed by atoms with van der Waals surface area (Å²) >= 11 is 5.94. The molecule has 24 heavy (non-hydrogen) atoms. The summed E-state index contributed by atoms with van der Waals surface area (Å²) in [6.45, 7) is 0. The predicted molar refractivity (Wildman–Crippen MR) is 94.8 cm³/mol. The van der Waals surface area contributed by atoms with Gasteiger partial charge in [-0.2, -0.15) is 5.10 Å². The molecule has 8 heteroatoms. The van der Waals surface area contributed by atoms with Gasteiger partial charge in [-0.05, 0) is 30.3 Å². The molecular formula is C16H13ClN4O2S. The summed E-state index contributed by atoms with van der Waals surface area (Å²) in [5.41, 5.74) is 1.51. The Morgan fingerprint density at radius 1 is 1.17 bits per heavy atom. The minimum Gasteiger partial charge on any atom is -0.360 e. The number of aryl methyl sites for hydroxylation is 1. The highest BCUT2D eigenvalue weighted by atomic mass is 35.5. The maximum absolute atomic E-state index is 12.8. The fraction of sp³-hybridized carbons (Fsp3) is 0.0625. The van der Waals surface area contributed by atoms with Gasteiger partial charge in [0.05, 0.1) is 5.52 Å². The maximum atomic E-state index is 12.8. The Morgan fingerprint density at radius 3 is 2.79 bits per heavy atom. The van der Waals surface area contributed by atoms with Gasteiger partial charge in [0.25, 0.3) is 10.0 Å². The molecule has 0 unspecified atom stereocenters. The van der Waals surface area contributed by atoms with Crippen molar-refractivity contribution in [3.63, 3.8) is 0 Å². The van der Waals surface area contributed by atoms with E-state index in [4.69, 9.17) is 11.6 Å². The van der Waals surface area contributed by atoms with Gasteiger partial charge < -0.3 is 4.98 Å². The van der Waals surface area contributed by atoms with Crippen LogP contribution in [0.25, 0.3) is 21.8 Å². The van der Waals surface area contributed by atoms with Gasteiger partial charge in [-0.25, -0.2) is 8.42 Å². The van der Waals surface area contributed by atoms with Gasteiger partial charge in [0.15, 0.2) is 5.82 Å². The molecule has 0 fully saturated rings. The van der Waals surface area contributed by atoms with Gasteiger partial charge in [-0.3, -0.25) is 9.40 Å². The molecule has 0 amide bonds. The molecule has 4 aromatic rings. The van der Waals surface area contributed by atoms with Crippen LogP contribution in [0.15, 0.2) is 53.6 Å². The van der Waals surface area contributed by atoms with Crippen molar-refractivity contribution in [2.75, 3.05) is 4.72 Å². The quantitative estimate of drug-likeness (QED) is 0.586. The molecule has 0 aliphatic heterocycles. The third kappa shape index (κ3) is 2.33. The van der Waals surface area contributed by atoms with E-state index in [1.807, 2.05) is 24.3 Å². The average molecular weight is 361 g/mol. The van der Waals surface area contributed by atoms with E-state index in [9.17, 15) is 8.42 Å². The molecule has 0 aliphatic rings. The highest BCUT2D eigenvalue weighted by Crippen LogP contribution is 2.29. The van der Waals surface area contributed by atoms with E-state index < -0.39 is 10.0 Å². The van der Waals surface area contributed by atoms with Gasteiger partial charge in [-0.15, -0.1) is 0 Å². The number of aromatic nitrogens is 3. The lowest BCUT2D eigenvalue weighted by Crippen LogP contribution is -2.13. The van der Waals surface area contributed by atoms with E-state index >= 15 is 0 Å². The molecule has 2 heterocycles. The van der Waals surface area contributed by atoms with Crippen LogP contribution in [0, 0.1) is 0 Å². The number of nitrogens with zero attached hydrogens (tertiary/aromatic N) is 2. The topological polar surface area (TPSA) is 79.8 Å². The molecule has 2 aromatic carbocycles. The van der Waals surface area contributed by atoms with Crippen LogP contribution in [-0.2, 0) is 17.1 Å². The van der Waals surface area contributed by atoms with Crippen LogP contribution in [0.5, 0.6) is 0 Å². The molecule has 4 rings (SSSR count). The highest BCUT2D eigenvalue weighted by Gasteiger charge is 2.21. The van der Waals surface area contributed by atoms with Gasteiger partial charge in [-0.1, -0.05) is 23.7 Å². The van der Waals surface area contributed by atoms with Crippen molar-refractivity contribution >= 4 is 49.2 Å². The Balaban J connectivity index is 1.82. The van der Waals surface area contributed by atoms with Gasteiger partial charge >= 0.3 is 0 Å². The predicted octanol–water partition coefficient (Wildman–Crippen LogP) is 3.51. The fourth-order valence-corrected chi connectivity index (χ4v) is 4.13. The highest BCUT2D eigenvalue weighted by molar-refractivity contribution is 7.93. The van der Waals surface area contributed by atoms with Crippen LogP contribution in [0.2, 0.25) is 5.02 Å². The first-order chi connectivity index (χ1) is 11.5. The molecule has 2 N–H and O–H groups in total. The zero-order valence-corrected chi connectivity index (χ0v) is 14.2. The third-order valence-electron chi connectivity index (χ3n) is 3.88. The molecule has 0 bridgehead atoms. The zero-order valence-electron chi connectivity index (χ0n) is 12.6. The first-order valence-electron chi connectivity index (χ1n) is 7.17. The average Bonchev–Trinajstić information content (AvgIpc) is 3.09. The lowest BCUT2D eigenvalue weighted by Gasteiger charge is -2.05. The van der Waals surface area contributed by atoms with E-state index in [0.717, 1.165) is 10.9 Å². The van der Waals surface area contributed by atoms with Crippen LogP contribution in [0.3, 0.4) is 0 Å². The second kappa shape index (κ2) is 5.25. The minimum atomic E-state index is -3.79. The van der Waals surface area contributed by atoms with E-state index in [1.54, 1.807) is 29.9 Å². The lowest BCUT2D eigenvalue weighted by molar-refractivity contribution is 0.601. The summed E-state index contributed by atoms with van der Waals surface area (Å²) < 4.78 is 29.8. The number of para-hydroxylation sites is 1. The number of H-pyrrole nitrogens is 1. The summed E-state index contributed by atoms with van der Waals surface area (Å²) in [6, 6.07) is 12.5. The Bertz CT molecular complexity index is 1180. The van der Waals surface area contributed by atoms with Gasteiger partial charge in [0.2, 0.25) is 0 Å². The smallest absolute Gasteiger partial charge is 0.265 e. The number of halogens is 1. The monoisotopic (exact) mass is 360 g/mol. The summed E-state index contributed by atoms with van der Waals surface area (Å²) in [7, 11) is -2.02. The number of rotatable bonds is 3. The second-order valence-corrected chi connectivity index (χ2v) is 7.52. The summed E-state index contributed by atoms with van der Waals surface area (Å²) in [5, 5.41) is 6.13.